The number of carboxylic acid groups (broad SMARTS) is 1. The molecule has 0 amide bonds. The first-order valence-electron chi connectivity index (χ1n) is 16.7. The third kappa shape index (κ3) is 5.84. The Morgan fingerprint density at radius 1 is 0.886 bits per heavy atom. The molecule has 1 aromatic heterocycles. The summed E-state index contributed by atoms with van der Waals surface area (Å²) >= 11 is 0. The molecular weight excluding hydrogens is 546 g/mol. The number of aromatic nitrogens is 1. The zero-order valence-corrected chi connectivity index (χ0v) is 26.0. The molecular formula is C38H45N3O3. The molecule has 44 heavy (non-hydrogen) atoms. The quantitative estimate of drug-likeness (QED) is 0.224. The summed E-state index contributed by atoms with van der Waals surface area (Å²) in [6, 6.07) is 22.8. The number of nitrogens with zero attached hydrogens (tertiary/aromatic N) is 3. The van der Waals surface area contributed by atoms with E-state index in [4.69, 9.17) is 4.74 Å². The molecule has 230 valence electrons. The number of ether oxygens (including phenoxy) is 1. The molecule has 1 saturated carbocycles. The van der Waals surface area contributed by atoms with Gasteiger partial charge >= 0.3 is 5.97 Å². The number of fused-ring (bicyclic) bond motifs is 5. The van der Waals surface area contributed by atoms with Crippen LogP contribution in [-0.4, -0.2) is 53.3 Å². The Bertz CT molecular complexity index is 1620. The van der Waals surface area contributed by atoms with E-state index in [-0.39, 0.29) is 0 Å². The molecule has 3 aromatic carbocycles. The Hall–Kier alpha value is -3.77. The van der Waals surface area contributed by atoms with E-state index in [1.165, 1.54) is 85.9 Å². The predicted octanol–water partition coefficient (Wildman–Crippen LogP) is 8.19. The molecule has 6 heteroatoms. The molecule has 1 atom stereocenters. The number of hydrogen-bond donors (Lipinski definition) is 1. The highest BCUT2D eigenvalue weighted by Gasteiger charge is 2.31. The maximum Gasteiger partial charge on any atom is 0.335 e. The molecule has 4 aromatic rings. The number of hydrogen-bond acceptors (Lipinski definition) is 4. The second-order valence-corrected chi connectivity index (χ2v) is 13.3. The van der Waals surface area contributed by atoms with Gasteiger partial charge in [-0.15, -0.1) is 0 Å². The lowest BCUT2D eigenvalue weighted by atomic mass is 9.81. The maximum absolute atomic E-state index is 12.1. The summed E-state index contributed by atoms with van der Waals surface area (Å²) in [7, 11) is 0. The van der Waals surface area contributed by atoms with Crippen LogP contribution >= 0.6 is 0 Å². The van der Waals surface area contributed by atoms with Crippen LogP contribution in [-0.2, 0) is 13.2 Å². The van der Waals surface area contributed by atoms with E-state index >= 15 is 0 Å². The number of benzene rings is 3. The first-order chi connectivity index (χ1) is 21.5. The van der Waals surface area contributed by atoms with Gasteiger partial charge in [0.05, 0.1) is 11.3 Å². The highest BCUT2D eigenvalue weighted by Crippen LogP contribution is 2.48. The lowest BCUT2D eigenvalue weighted by Crippen LogP contribution is -2.41. The van der Waals surface area contributed by atoms with Crippen LogP contribution in [0.5, 0.6) is 5.75 Å². The summed E-state index contributed by atoms with van der Waals surface area (Å²) in [5.74, 6) is 1.27. The number of piperidine rings is 1. The van der Waals surface area contributed by atoms with E-state index in [1.54, 1.807) is 6.07 Å². The molecule has 1 N–H and O–H groups in total. The molecule has 3 heterocycles. The Morgan fingerprint density at radius 3 is 2.52 bits per heavy atom. The van der Waals surface area contributed by atoms with E-state index < -0.39 is 5.97 Å². The van der Waals surface area contributed by atoms with E-state index in [1.807, 2.05) is 12.1 Å². The highest BCUT2D eigenvalue weighted by molar-refractivity contribution is 5.99. The van der Waals surface area contributed by atoms with Crippen LogP contribution in [0, 0.1) is 5.92 Å². The molecule has 6 nitrogen and oxygen atoms in total. The van der Waals surface area contributed by atoms with Crippen molar-refractivity contribution in [3.63, 3.8) is 0 Å². The van der Waals surface area contributed by atoms with Gasteiger partial charge in [-0.3, -0.25) is 0 Å². The van der Waals surface area contributed by atoms with Gasteiger partial charge in [0.15, 0.2) is 0 Å². The summed E-state index contributed by atoms with van der Waals surface area (Å²) in [4.78, 5) is 17.3. The van der Waals surface area contributed by atoms with Crippen molar-refractivity contribution in [2.45, 2.75) is 70.9 Å². The second kappa shape index (κ2) is 12.7. The topological polar surface area (TPSA) is 57.9 Å². The van der Waals surface area contributed by atoms with E-state index in [9.17, 15) is 9.90 Å². The van der Waals surface area contributed by atoms with Crippen molar-refractivity contribution in [3.05, 3.63) is 83.4 Å². The molecule has 3 aliphatic rings. The molecule has 0 radical (unpaired) electrons. The summed E-state index contributed by atoms with van der Waals surface area (Å²) < 4.78 is 8.82. The Kier molecular flexibility index (Phi) is 8.35. The minimum absolute atomic E-state index is 0.359. The lowest BCUT2D eigenvalue weighted by molar-refractivity contribution is 0.0697. The Morgan fingerprint density at radius 2 is 1.73 bits per heavy atom. The standard InChI is InChI=1S/C38H45N3O3/c1-27-9-8-18-39(25-27)19-20-40-21-22-41-35-23-30(38(42)43)14-16-32(35)36(29-12-6-3-7-13-29)37(41)33-17-15-31(24-34(33)40)44-26-28-10-4-2-5-11-28/h2,4-5,10-11,14-17,23-24,27,29H,3,6-9,12-13,18-22,25-26H2,1H3,(H,42,43). The Balaban J connectivity index is 1.32. The fourth-order valence-electron chi connectivity index (χ4n) is 7.97. The van der Waals surface area contributed by atoms with Gasteiger partial charge < -0.3 is 24.2 Å². The first kappa shape index (κ1) is 29.0. The molecule has 2 fully saturated rings. The molecule has 0 bridgehead atoms. The number of rotatable bonds is 8. The van der Waals surface area contributed by atoms with Gasteiger partial charge in [-0.2, -0.15) is 0 Å². The van der Waals surface area contributed by atoms with Gasteiger partial charge in [0, 0.05) is 60.9 Å². The van der Waals surface area contributed by atoms with Crippen LogP contribution < -0.4 is 9.64 Å². The van der Waals surface area contributed by atoms with Crippen molar-refractivity contribution in [2.75, 3.05) is 37.6 Å². The van der Waals surface area contributed by atoms with Crippen LogP contribution in [0.2, 0.25) is 0 Å². The number of aromatic carboxylic acids is 1. The van der Waals surface area contributed by atoms with Crippen LogP contribution in [0.3, 0.4) is 0 Å². The number of carboxylic acids is 1. The fourth-order valence-corrected chi connectivity index (χ4v) is 7.97. The van der Waals surface area contributed by atoms with E-state index in [0.29, 0.717) is 18.1 Å². The van der Waals surface area contributed by atoms with Crippen LogP contribution in [0.25, 0.3) is 22.2 Å². The number of anilines is 1. The SMILES string of the molecule is CC1CCCN(CCN2CCn3c(c(C4CCCCC4)c4ccc(C(=O)O)cc43)-c3ccc(OCc4ccccc4)cc32)C1. The predicted molar refractivity (Wildman–Crippen MR) is 178 cm³/mol. The summed E-state index contributed by atoms with van der Waals surface area (Å²) in [5.41, 5.74) is 7.76. The zero-order valence-electron chi connectivity index (χ0n) is 26.0. The van der Waals surface area contributed by atoms with Crippen molar-refractivity contribution >= 4 is 22.6 Å². The van der Waals surface area contributed by atoms with Gasteiger partial charge in [-0.25, -0.2) is 4.79 Å². The molecule has 1 unspecified atom stereocenters. The van der Waals surface area contributed by atoms with Crippen molar-refractivity contribution in [2.24, 2.45) is 5.92 Å². The second-order valence-electron chi connectivity index (χ2n) is 13.3. The van der Waals surface area contributed by atoms with E-state index in [0.717, 1.165) is 48.9 Å². The number of carbonyl (C=O) groups is 1. The molecule has 1 saturated heterocycles. The minimum Gasteiger partial charge on any atom is -0.489 e. The summed E-state index contributed by atoms with van der Waals surface area (Å²) in [6.07, 6.45) is 8.80. The molecule has 7 rings (SSSR count). The molecule has 0 spiro atoms. The first-order valence-corrected chi connectivity index (χ1v) is 16.7. The van der Waals surface area contributed by atoms with Crippen molar-refractivity contribution < 1.29 is 14.6 Å². The molecule has 1 aliphatic carbocycles. The van der Waals surface area contributed by atoms with Gasteiger partial charge in [0.25, 0.3) is 0 Å². The normalized spacial score (nSPS) is 19.4. The summed E-state index contributed by atoms with van der Waals surface area (Å²) in [6.45, 7) is 8.98. The maximum atomic E-state index is 12.1. The van der Waals surface area contributed by atoms with Crippen LogP contribution in [0.1, 0.15) is 79.3 Å². The van der Waals surface area contributed by atoms with Crippen molar-refractivity contribution in [3.8, 4) is 17.0 Å². The monoisotopic (exact) mass is 591 g/mol. The minimum atomic E-state index is -0.867. The van der Waals surface area contributed by atoms with Crippen molar-refractivity contribution in [1.82, 2.24) is 9.47 Å². The largest absolute Gasteiger partial charge is 0.489 e. The smallest absolute Gasteiger partial charge is 0.335 e. The van der Waals surface area contributed by atoms with E-state index in [2.05, 4.69) is 69.8 Å². The number of likely N-dealkylation sites (tertiary alicyclic amines) is 1. The lowest BCUT2D eigenvalue weighted by Gasteiger charge is -2.34. The average molecular weight is 592 g/mol. The Labute approximate surface area is 261 Å². The van der Waals surface area contributed by atoms with Crippen LogP contribution in [0.15, 0.2) is 66.7 Å². The fraction of sp³-hybridized carbons (Fsp3) is 0.447. The third-order valence-corrected chi connectivity index (χ3v) is 10.2. The average Bonchev–Trinajstić information content (AvgIpc) is 3.29. The van der Waals surface area contributed by atoms with Crippen molar-refractivity contribution in [1.29, 1.82) is 0 Å². The van der Waals surface area contributed by atoms with Gasteiger partial charge in [-0.05, 0) is 79.5 Å². The zero-order chi connectivity index (χ0) is 30.0. The third-order valence-electron chi connectivity index (χ3n) is 10.2. The van der Waals surface area contributed by atoms with Gasteiger partial charge in [0.2, 0.25) is 0 Å². The highest BCUT2D eigenvalue weighted by atomic mass is 16.5. The van der Waals surface area contributed by atoms with Gasteiger partial charge in [-0.1, -0.05) is 62.6 Å². The molecule has 2 aliphatic heterocycles. The van der Waals surface area contributed by atoms with Crippen LogP contribution in [0.4, 0.5) is 5.69 Å². The summed E-state index contributed by atoms with van der Waals surface area (Å²) in [5, 5.41) is 11.1. The van der Waals surface area contributed by atoms with Gasteiger partial charge in [0.1, 0.15) is 12.4 Å².